The predicted molar refractivity (Wildman–Crippen MR) is 131 cm³/mol. The number of anilines is 2. The van der Waals surface area contributed by atoms with Gasteiger partial charge >= 0.3 is 0 Å². The van der Waals surface area contributed by atoms with Crippen molar-refractivity contribution in [3.05, 3.63) is 96.6 Å². The van der Waals surface area contributed by atoms with E-state index in [1.165, 1.54) is 11.9 Å². The lowest BCUT2D eigenvalue weighted by Crippen LogP contribution is -2.02. The summed E-state index contributed by atoms with van der Waals surface area (Å²) in [5.41, 5.74) is 11.0. The largest absolute Gasteiger partial charge is 0.382 e. The lowest BCUT2D eigenvalue weighted by atomic mass is 10.1. The van der Waals surface area contributed by atoms with Crippen LogP contribution in [0.4, 0.5) is 11.6 Å². The Morgan fingerprint density at radius 3 is 2.15 bits per heavy atom. The van der Waals surface area contributed by atoms with E-state index in [0.717, 1.165) is 23.4 Å². The van der Waals surface area contributed by atoms with E-state index >= 15 is 0 Å². The second-order valence-corrected chi connectivity index (χ2v) is 7.45. The first-order valence-electron chi connectivity index (χ1n) is 10.7. The van der Waals surface area contributed by atoms with E-state index in [1.807, 2.05) is 48.5 Å². The molecule has 4 aromatic heterocycles. The molecular formula is C24H22N10. The van der Waals surface area contributed by atoms with E-state index in [1.54, 1.807) is 12.7 Å². The van der Waals surface area contributed by atoms with Crippen molar-refractivity contribution < 1.29 is 0 Å². The van der Waals surface area contributed by atoms with Crippen molar-refractivity contribution in [1.82, 2.24) is 39.9 Å². The van der Waals surface area contributed by atoms with Crippen LogP contribution < -0.4 is 11.1 Å². The number of fused-ring (bicyclic) bond motifs is 2. The molecule has 10 nitrogen and oxygen atoms in total. The molecule has 0 amide bonds. The van der Waals surface area contributed by atoms with E-state index in [9.17, 15) is 0 Å². The molecule has 0 saturated carbocycles. The maximum atomic E-state index is 5.83. The van der Waals surface area contributed by atoms with Gasteiger partial charge in [0.1, 0.15) is 23.2 Å². The van der Waals surface area contributed by atoms with Crippen LogP contribution in [0.2, 0.25) is 0 Å². The number of aromatic nitrogens is 8. The van der Waals surface area contributed by atoms with Gasteiger partial charge in [0.2, 0.25) is 0 Å². The molecule has 0 spiro atoms. The van der Waals surface area contributed by atoms with Gasteiger partial charge in [-0.1, -0.05) is 60.7 Å². The Kier molecular flexibility index (Phi) is 6.02. The lowest BCUT2D eigenvalue weighted by Gasteiger charge is -2.05. The number of rotatable bonds is 5. The average molecular weight is 451 g/mol. The smallest absolute Gasteiger partial charge is 0.183 e. The second-order valence-electron chi connectivity index (χ2n) is 7.45. The third-order valence-electron chi connectivity index (χ3n) is 5.09. The van der Waals surface area contributed by atoms with Gasteiger partial charge in [0.25, 0.3) is 0 Å². The van der Waals surface area contributed by atoms with Gasteiger partial charge in [0, 0.05) is 13.0 Å². The standard InChI is InChI=1S/2C12H11N5/c1-2-4-9(5-3-1)6-13-11-10-12(15-7-14-10)17-8-16-11;13-11-10-12(15-7-14-10)17-9(16-11)6-8-4-2-1-3-5-8/h1-5,7-8H,6H2,(H2,13,14,15,16,17);1-5,7H,6H2,(H3,13,14,15,16,17). The SMILES string of the molecule is Nc1nc(Cc2ccccc2)nc2nc[nH]c12.c1ccc(CNc2ncnc3nc[nH]c23)cc1. The summed E-state index contributed by atoms with van der Waals surface area (Å²) in [6.07, 6.45) is 5.36. The fraction of sp³-hybridized carbons (Fsp3) is 0.0833. The fourth-order valence-corrected chi connectivity index (χ4v) is 3.44. The number of nitrogen functional groups attached to an aromatic ring is 1. The van der Waals surface area contributed by atoms with Crippen molar-refractivity contribution >= 4 is 34.0 Å². The summed E-state index contributed by atoms with van der Waals surface area (Å²) in [5, 5.41) is 3.27. The molecule has 0 fully saturated rings. The van der Waals surface area contributed by atoms with Crippen LogP contribution in [0.3, 0.4) is 0 Å². The van der Waals surface area contributed by atoms with Crippen LogP contribution in [0.5, 0.6) is 0 Å². The molecule has 0 atom stereocenters. The van der Waals surface area contributed by atoms with Crippen LogP contribution >= 0.6 is 0 Å². The summed E-state index contributed by atoms with van der Waals surface area (Å²) in [7, 11) is 0. The minimum Gasteiger partial charge on any atom is -0.382 e. The average Bonchev–Trinajstić information content (AvgIpc) is 3.55. The van der Waals surface area contributed by atoms with Crippen molar-refractivity contribution in [2.24, 2.45) is 0 Å². The van der Waals surface area contributed by atoms with Crippen LogP contribution in [0.1, 0.15) is 17.0 Å². The Morgan fingerprint density at radius 1 is 0.706 bits per heavy atom. The molecule has 5 N–H and O–H groups in total. The molecule has 0 aliphatic heterocycles. The van der Waals surface area contributed by atoms with Gasteiger partial charge in [-0.2, -0.15) is 0 Å². The molecule has 6 rings (SSSR count). The van der Waals surface area contributed by atoms with Crippen LogP contribution in [0, 0.1) is 0 Å². The monoisotopic (exact) mass is 450 g/mol. The number of aromatic amines is 2. The Labute approximate surface area is 194 Å². The number of nitrogens with one attached hydrogen (secondary N) is 3. The van der Waals surface area contributed by atoms with Crippen molar-refractivity contribution in [3.63, 3.8) is 0 Å². The quantitative estimate of drug-likeness (QED) is 0.312. The summed E-state index contributed by atoms with van der Waals surface area (Å²) in [6.45, 7) is 0.728. The van der Waals surface area contributed by atoms with Crippen molar-refractivity contribution in [3.8, 4) is 0 Å². The first-order valence-corrected chi connectivity index (χ1v) is 10.7. The number of hydrogen-bond acceptors (Lipinski definition) is 8. The van der Waals surface area contributed by atoms with Gasteiger partial charge in [-0.15, -0.1) is 0 Å². The summed E-state index contributed by atoms with van der Waals surface area (Å²) >= 11 is 0. The van der Waals surface area contributed by atoms with E-state index in [4.69, 9.17) is 5.73 Å². The normalized spacial score (nSPS) is 10.7. The Balaban J connectivity index is 0.000000142. The molecule has 34 heavy (non-hydrogen) atoms. The molecule has 6 aromatic rings. The third-order valence-corrected chi connectivity index (χ3v) is 5.09. The third kappa shape index (κ3) is 4.80. The zero-order chi connectivity index (χ0) is 23.2. The van der Waals surface area contributed by atoms with Gasteiger partial charge in [-0.3, -0.25) is 0 Å². The van der Waals surface area contributed by atoms with E-state index in [0.29, 0.717) is 34.9 Å². The molecule has 0 aliphatic carbocycles. The number of hydrogen-bond donors (Lipinski definition) is 4. The molecule has 0 unspecified atom stereocenters. The van der Waals surface area contributed by atoms with E-state index < -0.39 is 0 Å². The van der Waals surface area contributed by atoms with Crippen LogP contribution in [-0.4, -0.2) is 39.9 Å². The number of imidazole rings is 2. The molecule has 2 aromatic carbocycles. The highest BCUT2D eigenvalue weighted by molar-refractivity contribution is 5.82. The van der Waals surface area contributed by atoms with Crippen molar-refractivity contribution in [2.75, 3.05) is 11.1 Å². The summed E-state index contributed by atoms with van der Waals surface area (Å²) < 4.78 is 0. The van der Waals surface area contributed by atoms with Gasteiger partial charge in [-0.05, 0) is 11.1 Å². The second kappa shape index (κ2) is 9.74. The molecule has 10 heteroatoms. The molecule has 0 radical (unpaired) electrons. The number of benzene rings is 2. The highest BCUT2D eigenvalue weighted by Crippen LogP contribution is 2.16. The van der Waals surface area contributed by atoms with Gasteiger partial charge in [0.15, 0.2) is 22.9 Å². The summed E-state index contributed by atoms with van der Waals surface area (Å²) in [6, 6.07) is 20.2. The Hall–Kier alpha value is -4.86. The number of nitrogens with zero attached hydrogens (tertiary/aromatic N) is 6. The Bertz CT molecular complexity index is 1490. The molecule has 0 aliphatic rings. The molecular weight excluding hydrogens is 428 g/mol. The summed E-state index contributed by atoms with van der Waals surface area (Å²) in [4.78, 5) is 31.0. The highest BCUT2D eigenvalue weighted by Gasteiger charge is 2.07. The molecule has 4 heterocycles. The molecule has 0 saturated heterocycles. The van der Waals surface area contributed by atoms with Gasteiger partial charge in [0.05, 0.1) is 12.7 Å². The summed E-state index contributed by atoms with van der Waals surface area (Å²) in [5.74, 6) is 1.91. The maximum Gasteiger partial charge on any atom is 0.183 e. The minimum atomic E-state index is 0.443. The van der Waals surface area contributed by atoms with E-state index in [-0.39, 0.29) is 0 Å². The first kappa shape index (κ1) is 21.0. The van der Waals surface area contributed by atoms with E-state index in [2.05, 4.69) is 57.3 Å². The maximum absolute atomic E-state index is 5.83. The highest BCUT2D eigenvalue weighted by atomic mass is 15.1. The topological polar surface area (TPSA) is 147 Å². The van der Waals surface area contributed by atoms with Crippen LogP contribution in [-0.2, 0) is 13.0 Å². The zero-order valence-corrected chi connectivity index (χ0v) is 18.2. The predicted octanol–water partition coefficient (Wildman–Crippen LogP) is 3.49. The van der Waals surface area contributed by atoms with Gasteiger partial charge in [-0.25, -0.2) is 29.9 Å². The Morgan fingerprint density at radius 2 is 1.38 bits per heavy atom. The first-order chi connectivity index (χ1) is 16.8. The van der Waals surface area contributed by atoms with Crippen molar-refractivity contribution in [1.29, 1.82) is 0 Å². The minimum absolute atomic E-state index is 0.443. The van der Waals surface area contributed by atoms with Crippen molar-refractivity contribution in [2.45, 2.75) is 13.0 Å². The number of H-pyrrole nitrogens is 2. The zero-order valence-electron chi connectivity index (χ0n) is 18.2. The van der Waals surface area contributed by atoms with Crippen LogP contribution in [0.15, 0.2) is 79.6 Å². The fourth-order valence-electron chi connectivity index (χ4n) is 3.44. The molecule has 168 valence electrons. The lowest BCUT2D eigenvalue weighted by molar-refractivity contribution is 0.991. The number of nitrogens with two attached hydrogens (primary N) is 1. The van der Waals surface area contributed by atoms with Crippen LogP contribution in [0.25, 0.3) is 22.3 Å². The molecule has 0 bridgehead atoms. The van der Waals surface area contributed by atoms with Gasteiger partial charge < -0.3 is 21.0 Å².